The first-order valence-corrected chi connectivity index (χ1v) is 13.3. The molecule has 0 aromatic heterocycles. The lowest BCUT2D eigenvalue weighted by Crippen LogP contribution is -2.59. The second-order valence-electron chi connectivity index (χ2n) is 10.9. The van der Waals surface area contributed by atoms with Gasteiger partial charge >= 0.3 is 6.09 Å². The number of fused-ring (bicyclic) bond motifs is 2. The molecule has 0 spiro atoms. The van der Waals surface area contributed by atoms with Gasteiger partial charge in [0.15, 0.2) is 0 Å². The molecule has 1 heterocycles. The predicted octanol–water partition coefficient (Wildman–Crippen LogP) is 6.31. The van der Waals surface area contributed by atoms with Gasteiger partial charge in [0, 0.05) is 30.6 Å². The van der Waals surface area contributed by atoms with E-state index >= 15 is 0 Å². The van der Waals surface area contributed by atoms with Gasteiger partial charge in [0.25, 0.3) is 0 Å². The van der Waals surface area contributed by atoms with Crippen molar-refractivity contribution in [3.63, 3.8) is 0 Å². The number of halogens is 2. The van der Waals surface area contributed by atoms with Crippen LogP contribution >= 0.6 is 23.2 Å². The Hall–Kier alpha value is -1.57. The van der Waals surface area contributed by atoms with E-state index in [-0.39, 0.29) is 30.5 Å². The lowest BCUT2D eigenvalue weighted by atomic mass is 9.59. The summed E-state index contributed by atoms with van der Waals surface area (Å²) in [5.41, 5.74) is 0.821. The van der Waals surface area contributed by atoms with E-state index in [0.717, 1.165) is 6.42 Å². The number of hydrogen-bond acceptors (Lipinski definition) is 4. The number of piperidine rings is 2. The third-order valence-electron chi connectivity index (χ3n) is 5.86. The molecule has 1 aromatic carbocycles. The van der Waals surface area contributed by atoms with Crippen molar-refractivity contribution in [3.8, 4) is 5.75 Å². The van der Waals surface area contributed by atoms with E-state index in [1.54, 1.807) is 23.1 Å². The second-order valence-corrected chi connectivity index (χ2v) is 13.6. The lowest BCUT2D eigenvalue weighted by molar-refractivity contribution is -0.0323. The van der Waals surface area contributed by atoms with Gasteiger partial charge in [-0.1, -0.05) is 35.9 Å². The summed E-state index contributed by atoms with van der Waals surface area (Å²) in [5, 5.41) is 0.738. The Morgan fingerprint density at radius 3 is 2.29 bits per heavy atom. The Bertz CT molecular complexity index is 1000. The van der Waals surface area contributed by atoms with Crippen LogP contribution < -0.4 is 4.74 Å². The summed E-state index contributed by atoms with van der Waals surface area (Å²) in [6.07, 6.45) is 2.31. The molecule has 0 radical (unpaired) electrons. The molecule has 188 valence electrons. The average molecular weight is 530 g/mol. The molecule has 34 heavy (non-hydrogen) atoms. The van der Waals surface area contributed by atoms with Gasteiger partial charge in [-0.2, -0.15) is 4.40 Å². The van der Waals surface area contributed by atoms with Gasteiger partial charge < -0.3 is 14.4 Å². The first kappa shape index (κ1) is 27.0. The normalized spacial score (nSPS) is 23.7. The third-order valence-corrected chi connectivity index (χ3v) is 7.99. The maximum absolute atomic E-state index is 13.1. The molecule has 1 aliphatic carbocycles. The lowest BCUT2D eigenvalue weighted by Gasteiger charge is -2.53. The van der Waals surface area contributed by atoms with Crippen LogP contribution in [0.1, 0.15) is 53.5 Å². The fraction of sp³-hybridized carbons (Fsp3) is 0.600. The molecule has 2 bridgehead atoms. The van der Waals surface area contributed by atoms with E-state index in [0.29, 0.717) is 40.2 Å². The van der Waals surface area contributed by atoms with Crippen molar-refractivity contribution in [2.24, 2.45) is 22.2 Å². The Morgan fingerprint density at radius 2 is 1.76 bits per heavy atom. The van der Waals surface area contributed by atoms with E-state index in [1.165, 1.54) is 0 Å². The molecule has 1 saturated carbocycles. The van der Waals surface area contributed by atoms with Gasteiger partial charge in [0.1, 0.15) is 28.9 Å². The van der Waals surface area contributed by atoms with Gasteiger partial charge in [-0.3, -0.25) is 0 Å². The van der Waals surface area contributed by atoms with Crippen molar-refractivity contribution in [2.75, 3.05) is 19.7 Å². The highest BCUT2D eigenvalue weighted by molar-refractivity contribution is 7.85. The van der Waals surface area contributed by atoms with Crippen LogP contribution in [0.25, 0.3) is 0 Å². The minimum atomic E-state index is -1.49. The molecule has 1 amide bonds. The van der Waals surface area contributed by atoms with Crippen LogP contribution in [-0.2, 0) is 15.7 Å². The van der Waals surface area contributed by atoms with Crippen molar-refractivity contribution < 1.29 is 18.5 Å². The quantitative estimate of drug-likeness (QED) is 0.320. The van der Waals surface area contributed by atoms with Gasteiger partial charge in [-0.25, -0.2) is 9.00 Å². The standard InChI is InChI=1S/C25H34Cl2N2O4S/c1-8-9-32-20-12-19(27)18(26)11-17(20)22(28-34(31)25(5,6)7)21-15-10-16(21)14-29(13-15)23(30)33-24(2,3)4/h8,11-12,15-16,21H,1,9-10,13-14H2,2-7H3. The van der Waals surface area contributed by atoms with Crippen LogP contribution in [0.2, 0.25) is 10.0 Å². The SMILES string of the molecule is C=CCOc1cc(Cl)c(Cl)cc1C(=NS(=O)C(C)(C)C)C1C2CC1CN(C(=O)OC(C)(C)C)C2. The van der Waals surface area contributed by atoms with E-state index in [4.69, 9.17) is 37.1 Å². The molecule has 9 heteroatoms. The highest BCUT2D eigenvalue weighted by atomic mass is 35.5. The summed E-state index contributed by atoms with van der Waals surface area (Å²) in [6, 6.07) is 3.40. The summed E-state index contributed by atoms with van der Waals surface area (Å²) >= 11 is 12.7. The van der Waals surface area contributed by atoms with E-state index in [2.05, 4.69) is 6.58 Å². The second kappa shape index (κ2) is 10.2. The average Bonchev–Trinajstić information content (AvgIpc) is 2.71. The molecule has 2 aliphatic rings. The highest BCUT2D eigenvalue weighted by Crippen LogP contribution is 2.49. The van der Waals surface area contributed by atoms with Crippen LogP contribution in [0.5, 0.6) is 5.75 Å². The summed E-state index contributed by atoms with van der Waals surface area (Å²) < 4.78 is 28.8. The molecule has 3 atom stereocenters. The van der Waals surface area contributed by atoms with Gasteiger partial charge in [-0.15, -0.1) is 0 Å². The number of carbonyl (C=O) groups excluding carboxylic acids is 1. The molecule has 6 nitrogen and oxygen atoms in total. The number of rotatable bonds is 6. The summed E-state index contributed by atoms with van der Waals surface area (Å²) in [6.45, 7) is 16.4. The zero-order chi connectivity index (χ0) is 25.4. The number of likely N-dealkylation sites (tertiary alicyclic amines) is 1. The van der Waals surface area contributed by atoms with Gasteiger partial charge in [-0.05, 0) is 65.9 Å². The van der Waals surface area contributed by atoms with Crippen LogP contribution in [0.15, 0.2) is 29.2 Å². The number of nitrogens with zero attached hydrogens (tertiary/aromatic N) is 2. The molecule has 1 saturated heterocycles. The Balaban J connectivity index is 1.99. The monoisotopic (exact) mass is 528 g/mol. The number of carbonyl (C=O) groups is 1. The molecule has 3 rings (SSSR count). The Kier molecular flexibility index (Phi) is 8.10. The van der Waals surface area contributed by atoms with Crippen LogP contribution in [-0.4, -0.2) is 51.0 Å². The first-order valence-electron chi connectivity index (χ1n) is 11.4. The van der Waals surface area contributed by atoms with Crippen molar-refractivity contribution in [3.05, 3.63) is 40.4 Å². The maximum Gasteiger partial charge on any atom is 0.410 e. The number of hydrogen-bond donors (Lipinski definition) is 0. The third kappa shape index (κ3) is 6.16. The number of amides is 1. The van der Waals surface area contributed by atoms with Crippen molar-refractivity contribution in [1.82, 2.24) is 4.90 Å². The minimum absolute atomic E-state index is 0.0216. The molecular weight excluding hydrogens is 495 g/mol. The van der Waals surface area contributed by atoms with Crippen LogP contribution in [0.3, 0.4) is 0 Å². The number of benzene rings is 1. The number of ether oxygens (including phenoxy) is 2. The fourth-order valence-corrected chi connectivity index (χ4v) is 5.31. The first-order chi connectivity index (χ1) is 15.7. The summed E-state index contributed by atoms with van der Waals surface area (Å²) in [5.74, 6) is 0.883. The smallest absolute Gasteiger partial charge is 0.410 e. The van der Waals surface area contributed by atoms with Crippen molar-refractivity contribution in [1.29, 1.82) is 0 Å². The summed E-state index contributed by atoms with van der Waals surface area (Å²) in [4.78, 5) is 14.4. The minimum Gasteiger partial charge on any atom is -0.489 e. The van der Waals surface area contributed by atoms with Crippen molar-refractivity contribution in [2.45, 2.75) is 58.3 Å². The largest absolute Gasteiger partial charge is 0.489 e. The van der Waals surface area contributed by atoms with Crippen LogP contribution in [0.4, 0.5) is 4.79 Å². The van der Waals surface area contributed by atoms with Gasteiger partial charge in [0.05, 0.1) is 20.5 Å². The molecular formula is C25H34Cl2N2O4S. The van der Waals surface area contributed by atoms with E-state index in [9.17, 15) is 9.00 Å². The Morgan fingerprint density at radius 1 is 1.18 bits per heavy atom. The van der Waals surface area contributed by atoms with Gasteiger partial charge in [0.2, 0.25) is 0 Å². The fourth-order valence-electron chi connectivity index (χ4n) is 4.32. The highest BCUT2D eigenvalue weighted by Gasteiger charge is 2.51. The maximum atomic E-state index is 13.1. The van der Waals surface area contributed by atoms with Crippen molar-refractivity contribution >= 4 is 46.0 Å². The van der Waals surface area contributed by atoms with E-state index < -0.39 is 21.3 Å². The zero-order valence-electron chi connectivity index (χ0n) is 20.7. The summed E-state index contributed by atoms with van der Waals surface area (Å²) in [7, 11) is -1.49. The van der Waals surface area contributed by atoms with Crippen LogP contribution in [0, 0.1) is 17.8 Å². The van der Waals surface area contributed by atoms with E-state index in [1.807, 2.05) is 41.5 Å². The Labute approximate surface area is 215 Å². The molecule has 1 aliphatic heterocycles. The predicted molar refractivity (Wildman–Crippen MR) is 139 cm³/mol. The molecule has 2 fully saturated rings. The molecule has 0 N–H and O–H groups in total. The topological polar surface area (TPSA) is 68.2 Å². The molecule has 3 unspecified atom stereocenters. The molecule has 1 aromatic rings. The zero-order valence-corrected chi connectivity index (χ0v) is 23.0.